The van der Waals surface area contributed by atoms with Gasteiger partial charge in [-0.3, -0.25) is 9.59 Å². The van der Waals surface area contributed by atoms with Gasteiger partial charge in [0.2, 0.25) is 5.89 Å². The molecule has 0 radical (unpaired) electrons. The van der Waals surface area contributed by atoms with Crippen LogP contribution in [-0.2, 0) is 20.9 Å². The molecule has 3 rings (SSSR count). The lowest BCUT2D eigenvalue weighted by molar-refractivity contribution is -0.154. The number of nitrogens with zero attached hydrogens (tertiary/aromatic N) is 4. The molecular formula is C20H22N4O5. The number of esters is 1. The van der Waals surface area contributed by atoms with Crippen molar-refractivity contribution in [2.45, 2.75) is 44.2 Å². The fourth-order valence-corrected chi connectivity index (χ4v) is 3.41. The summed E-state index contributed by atoms with van der Waals surface area (Å²) in [5.74, 6) is -1.96. The molecule has 0 N–H and O–H groups in total. The number of amides is 1. The highest BCUT2D eigenvalue weighted by molar-refractivity contribution is 5.81. The number of aromatic nitrogens is 2. The Balaban J connectivity index is 1.57. The van der Waals surface area contributed by atoms with Crippen LogP contribution in [0.3, 0.4) is 0 Å². The number of ether oxygens (including phenoxy) is 1. The van der Waals surface area contributed by atoms with Gasteiger partial charge in [-0.1, -0.05) is 37.5 Å². The van der Waals surface area contributed by atoms with Crippen molar-refractivity contribution in [1.82, 2.24) is 14.7 Å². The number of rotatable bonds is 6. The van der Waals surface area contributed by atoms with Gasteiger partial charge in [0.25, 0.3) is 5.91 Å². The van der Waals surface area contributed by atoms with Gasteiger partial charge in [0.05, 0.1) is 6.07 Å². The van der Waals surface area contributed by atoms with E-state index < -0.39 is 36.3 Å². The van der Waals surface area contributed by atoms with Crippen LogP contribution in [0.4, 0.5) is 0 Å². The van der Waals surface area contributed by atoms with Crippen molar-refractivity contribution in [2.24, 2.45) is 0 Å². The molecule has 1 aromatic carbocycles. The maximum Gasteiger partial charge on any atom is 0.437 e. The molecule has 0 saturated heterocycles. The lowest BCUT2D eigenvalue weighted by Crippen LogP contribution is -2.51. The van der Waals surface area contributed by atoms with E-state index in [0.717, 1.165) is 23.9 Å². The Morgan fingerprint density at radius 1 is 1.28 bits per heavy atom. The third-order valence-corrected chi connectivity index (χ3v) is 5.17. The van der Waals surface area contributed by atoms with E-state index in [1.54, 1.807) is 31.3 Å². The van der Waals surface area contributed by atoms with Crippen molar-refractivity contribution in [3.8, 4) is 17.5 Å². The molecule has 1 saturated carbocycles. The van der Waals surface area contributed by atoms with E-state index in [-0.39, 0.29) is 5.89 Å². The average Bonchev–Trinajstić information content (AvgIpc) is 3.12. The molecule has 9 nitrogen and oxygen atoms in total. The molecule has 29 heavy (non-hydrogen) atoms. The van der Waals surface area contributed by atoms with E-state index in [0.29, 0.717) is 18.4 Å². The van der Waals surface area contributed by atoms with Crippen LogP contribution in [0.1, 0.15) is 32.1 Å². The lowest BCUT2D eigenvalue weighted by atomic mass is 9.81. The second kappa shape index (κ2) is 8.73. The minimum atomic E-state index is -0.852. The first-order valence-electron chi connectivity index (χ1n) is 9.42. The first kappa shape index (κ1) is 20.3. The molecule has 1 aliphatic carbocycles. The van der Waals surface area contributed by atoms with Gasteiger partial charge in [-0.25, -0.2) is 4.79 Å². The molecular weight excluding hydrogens is 376 g/mol. The maximum atomic E-state index is 12.4. The van der Waals surface area contributed by atoms with Gasteiger partial charge in [-0.05, 0) is 25.0 Å². The first-order valence-corrected chi connectivity index (χ1v) is 9.42. The van der Waals surface area contributed by atoms with Crippen molar-refractivity contribution in [2.75, 3.05) is 13.7 Å². The van der Waals surface area contributed by atoms with Crippen LogP contribution in [-0.4, -0.2) is 45.8 Å². The zero-order valence-corrected chi connectivity index (χ0v) is 16.2. The van der Waals surface area contributed by atoms with Crippen molar-refractivity contribution in [3.05, 3.63) is 40.9 Å². The summed E-state index contributed by atoms with van der Waals surface area (Å²) in [7, 11) is 1.55. The first-order chi connectivity index (χ1) is 13.9. The summed E-state index contributed by atoms with van der Waals surface area (Å²) >= 11 is 0. The Labute approximate surface area is 167 Å². The molecule has 9 heteroatoms. The highest BCUT2D eigenvalue weighted by Crippen LogP contribution is 2.32. The Morgan fingerprint density at radius 3 is 2.62 bits per heavy atom. The fraction of sp³-hybridized carbons (Fsp3) is 0.450. The predicted octanol–water partition coefficient (Wildman–Crippen LogP) is 1.73. The molecule has 1 heterocycles. The van der Waals surface area contributed by atoms with Crippen LogP contribution in [0.2, 0.25) is 0 Å². The predicted molar refractivity (Wildman–Crippen MR) is 101 cm³/mol. The van der Waals surface area contributed by atoms with Crippen LogP contribution >= 0.6 is 0 Å². The van der Waals surface area contributed by atoms with Gasteiger partial charge in [-0.15, -0.1) is 5.10 Å². The molecule has 0 aliphatic heterocycles. The normalized spacial score (nSPS) is 15.3. The molecule has 1 aromatic heterocycles. The number of nitriles is 1. The van der Waals surface area contributed by atoms with E-state index in [2.05, 4.69) is 11.2 Å². The van der Waals surface area contributed by atoms with Crippen LogP contribution in [0.5, 0.6) is 0 Å². The van der Waals surface area contributed by atoms with Crippen molar-refractivity contribution in [1.29, 1.82) is 5.26 Å². The average molecular weight is 398 g/mol. The lowest BCUT2D eigenvalue weighted by Gasteiger charge is -2.38. The Hall–Kier alpha value is -3.41. The van der Waals surface area contributed by atoms with Crippen LogP contribution < -0.4 is 5.76 Å². The third kappa shape index (κ3) is 4.54. The Morgan fingerprint density at radius 2 is 1.97 bits per heavy atom. The second-order valence-corrected chi connectivity index (χ2v) is 7.01. The molecule has 152 valence electrons. The zero-order valence-electron chi connectivity index (χ0n) is 16.2. The van der Waals surface area contributed by atoms with Gasteiger partial charge in [-0.2, -0.15) is 9.94 Å². The highest BCUT2D eigenvalue weighted by atomic mass is 16.5. The molecule has 1 fully saturated rings. The van der Waals surface area contributed by atoms with Crippen LogP contribution in [0.15, 0.2) is 39.5 Å². The van der Waals surface area contributed by atoms with E-state index in [1.165, 1.54) is 4.90 Å². The smallest absolute Gasteiger partial charge is 0.437 e. The van der Waals surface area contributed by atoms with Crippen LogP contribution in [0, 0.1) is 11.3 Å². The summed E-state index contributed by atoms with van der Waals surface area (Å²) in [6, 6.07) is 11.0. The van der Waals surface area contributed by atoms with Gasteiger partial charge in [0.1, 0.15) is 12.1 Å². The molecule has 1 aliphatic rings. The number of carbonyl (C=O) groups excluding carboxylic acids is 2. The third-order valence-electron chi connectivity index (χ3n) is 5.17. The molecule has 1 amide bonds. The minimum Gasteiger partial charge on any atom is -0.454 e. The molecule has 2 aromatic rings. The molecule has 0 atom stereocenters. The standard InChI is InChI=1S/C20H22N4O5/c1-23(20(14-21)10-6-3-7-11-20)16(25)13-28-17(26)12-24-19(27)29-18(22-24)15-8-4-2-5-9-15/h2,4-5,8-9H,3,6-7,10-13H2,1H3. The van der Waals surface area contributed by atoms with E-state index in [4.69, 9.17) is 9.15 Å². The molecule has 0 bridgehead atoms. The topological polar surface area (TPSA) is 118 Å². The summed E-state index contributed by atoms with van der Waals surface area (Å²) in [5, 5.41) is 13.5. The SMILES string of the molecule is CN(C(=O)COC(=O)Cn1nc(-c2ccccc2)oc1=O)C1(C#N)CCCCC1. The number of likely N-dealkylation sites (N-methyl/N-ethyl adjacent to an activating group) is 1. The van der Waals surface area contributed by atoms with Gasteiger partial charge >= 0.3 is 11.7 Å². The number of hydrogen-bond acceptors (Lipinski definition) is 7. The van der Waals surface area contributed by atoms with E-state index >= 15 is 0 Å². The summed E-state index contributed by atoms with van der Waals surface area (Å²) in [6.45, 7) is -0.980. The van der Waals surface area contributed by atoms with Gasteiger partial charge in [0.15, 0.2) is 6.61 Å². The number of benzene rings is 1. The quantitative estimate of drug-likeness (QED) is 0.680. The number of hydrogen-bond donors (Lipinski definition) is 0. The van der Waals surface area contributed by atoms with Crippen LogP contribution in [0.25, 0.3) is 11.5 Å². The monoisotopic (exact) mass is 398 g/mol. The second-order valence-electron chi connectivity index (χ2n) is 7.01. The Bertz CT molecular complexity index is 967. The van der Waals surface area contributed by atoms with E-state index in [1.807, 2.05) is 6.07 Å². The largest absolute Gasteiger partial charge is 0.454 e. The van der Waals surface area contributed by atoms with Gasteiger partial charge in [0, 0.05) is 12.6 Å². The number of carbonyl (C=O) groups is 2. The minimum absolute atomic E-state index is 0.0903. The fourth-order valence-electron chi connectivity index (χ4n) is 3.41. The van der Waals surface area contributed by atoms with Crippen molar-refractivity contribution >= 4 is 11.9 Å². The maximum absolute atomic E-state index is 12.4. The zero-order chi connectivity index (χ0) is 20.9. The van der Waals surface area contributed by atoms with Crippen molar-refractivity contribution in [3.63, 3.8) is 0 Å². The Kier molecular flexibility index (Phi) is 6.12. The summed E-state index contributed by atoms with van der Waals surface area (Å²) in [5.41, 5.74) is -0.252. The van der Waals surface area contributed by atoms with Crippen molar-refractivity contribution < 1.29 is 18.7 Å². The summed E-state index contributed by atoms with van der Waals surface area (Å²) in [6.07, 6.45) is 4.01. The summed E-state index contributed by atoms with van der Waals surface area (Å²) < 4.78 is 10.9. The van der Waals surface area contributed by atoms with E-state index in [9.17, 15) is 19.6 Å². The summed E-state index contributed by atoms with van der Waals surface area (Å²) in [4.78, 5) is 37.7. The highest BCUT2D eigenvalue weighted by Gasteiger charge is 2.39. The van der Waals surface area contributed by atoms with Gasteiger partial charge < -0.3 is 14.1 Å². The molecule has 0 unspecified atom stereocenters. The molecule has 0 spiro atoms.